The van der Waals surface area contributed by atoms with Crippen LogP contribution in [0.4, 0.5) is 5.69 Å². The van der Waals surface area contributed by atoms with E-state index in [1.807, 2.05) is 12.2 Å². The van der Waals surface area contributed by atoms with Gasteiger partial charge < -0.3 is 5.11 Å². The molecule has 90 valence electrons. The van der Waals surface area contributed by atoms with E-state index in [9.17, 15) is 15.2 Å². The number of hydrogen-bond acceptors (Lipinski definition) is 3. The maximum atomic E-state index is 10.8. The number of halogens is 1. The molecule has 1 unspecified atom stereocenters. The number of benzene rings is 1. The van der Waals surface area contributed by atoms with Gasteiger partial charge >= 0.3 is 5.69 Å². The van der Waals surface area contributed by atoms with Crippen molar-refractivity contribution in [2.75, 3.05) is 0 Å². The van der Waals surface area contributed by atoms with Crippen molar-refractivity contribution < 1.29 is 10.0 Å². The summed E-state index contributed by atoms with van der Waals surface area (Å²) >= 11 is 5.85. The number of nitro groups is 1. The summed E-state index contributed by atoms with van der Waals surface area (Å²) < 4.78 is 0. The average Bonchev–Trinajstić information content (AvgIpc) is 2.32. The Balaban J connectivity index is 2.49. The van der Waals surface area contributed by atoms with E-state index in [0.717, 1.165) is 19.3 Å². The Bertz CT molecular complexity index is 485. The average molecular weight is 254 g/mol. The Morgan fingerprint density at radius 3 is 2.82 bits per heavy atom. The topological polar surface area (TPSA) is 63.4 Å². The van der Waals surface area contributed by atoms with Crippen molar-refractivity contribution in [1.29, 1.82) is 0 Å². The predicted octanol–water partition coefficient (Wildman–Crippen LogP) is 3.78. The van der Waals surface area contributed by atoms with Crippen LogP contribution in [0.5, 0.6) is 5.75 Å². The molecule has 0 saturated carbocycles. The number of phenols is 1. The van der Waals surface area contributed by atoms with Crippen molar-refractivity contribution in [2.24, 2.45) is 0 Å². The molecule has 0 fully saturated rings. The normalized spacial score (nSPS) is 19.2. The molecule has 5 heteroatoms. The third-order valence-electron chi connectivity index (χ3n) is 2.93. The van der Waals surface area contributed by atoms with Crippen molar-refractivity contribution in [3.05, 3.63) is 45.0 Å². The van der Waals surface area contributed by atoms with Crippen LogP contribution >= 0.6 is 11.6 Å². The predicted molar refractivity (Wildman–Crippen MR) is 65.5 cm³/mol. The minimum Gasteiger partial charge on any atom is -0.502 e. The van der Waals surface area contributed by atoms with Gasteiger partial charge in [-0.15, -0.1) is 0 Å². The van der Waals surface area contributed by atoms with Gasteiger partial charge in [0.2, 0.25) is 0 Å². The van der Waals surface area contributed by atoms with Gasteiger partial charge in [-0.3, -0.25) is 10.1 Å². The fraction of sp³-hybridized carbons (Fsp3) is 0.333. The molecular weight excluding hydrogens is 242 g/mol. The third kappa shape index (κ3) is 2.42. The quantitative estimate of drug-likeness (QED) is 0.496. The highest BCUT2D eigenvalue weighted by atomic mass is 35.5. The van der Waals surface area contributed by atoms with Gasteiger partial charge in [-0.1, -0.05) is 23.8 Å². The van der Waals surface area contributed by atoms with Gasteiger partial charge in [0.05, 0.1) is 4.92 Å². The van der Waals surface area contributed by atoms with Crippen LogP contribution in [-0.2, 0) is 0 Å². The van der Waals surface area contributed by atoms with Gasteiger partial charge in [0.1, 0.15) is 0 Å². The molecule has 1 aliphatic carbocycles. The fourth-order valence-electron chi connectivity index (χ4n) is 2.10. The standard InChI is InChI=1S/C12H12ClNO3/c13-9-6-10(8-4-2-1-3-5-8)12(15)11(7-9)14(16)17/h2,4,6-8,15H,1,3,5H2. The van der Waals surface area contributed by atoms with Gasteiger partial charge in [0.15, 0.2) is 5.75 Å². The SMILES string of the molecule is O=[N+]([O-])c1cc(Cl)cc(C2C=CCCC2)c1O. The van der Waals surface area contributed by atoms with Crippen LogP contribution in [0.25, 0.3) is 0 Å². The molecule has 2 rings (SSSR count). The first kappa shape index (κ1) is 11.9. The van der Waals surface area contributed by atoms with Crippen LogP contribution in [0.2, 0.25) is 5.02 Å². The van der Waals surface area contributed by atoms with E-state index >= 15 is 0 Å². The maximum Gasteiger partial charge on any atom is 0.312 e. The number of phenolic OH excluding ortho intramolecular Hbond substituents is 1. The molecule has 1 aromatic rings. The molecule has 1 aliphatic rings. The molecule has 4 nitrogen and oxygen atoms in total. The molecule has 1 atom stereocenters. The summed E-state index contributed by atoms with van der Waals surface area (Å²) in [6.07, 6.45) is 6.90. The van der Waals surface area contributed by atoms with Crippen molar-refractivity contribution in [1.82, 2.24) is 0 Å². The molecule has 0 aliphatic heterocycles. The largest absolute Gasteiger partial charge is 0.502 e. The summed E-state index contributed by atoms with van der Waals surface area (Å²) in [5.74, 6) is -0.253. The van der Waals surface area contributed by atoms with Crippen LogP contribution in [0.15, 0.2) is 24.3 Å². The smallest absolute Gasteiger partial charge is 0.312 e. The summed E-state index contributed by atoms with van der Waals surface area (Å²) in [6, 6.07) is 2.77. The Kier molecular flexibility index (Phi) is 3.33. The lowest BCUT2D eigenvalue weighted by molar-refractivity contribution is -0.385. The molecule has 17 heavy (non-hydrogen) atoms. The van der Waals surface area contributed by atoms with E-state index in [0.29, 0.717) is 5.56 Å². The second-order valence-corrected chi connectivity index (χ2v) is 4.52. The summed E-state index contributed by atoms with van der Waals surface area (Å²) in [6.45, 7) is 0. The summed E-state index contributed by atoms with van der Waals surface area (Å²) in [5, 5.41) is 21.0. The maximum absolute atomic E-state index is 10.8. The van der Waals surface area contributed by atoms with E-state index in [-0.39, 0.29) is 22.4 Å². The van der Waals surface area contributed by atoms with Gasteiger partial charge in [-0.2, -0.15) is 0 Å². The lowest BCUT2D eigenvalue weighted by Crippen LogP contribution is -2.01. The first-order valence-corrected chi connectivity index (χ1v) is 5.81. The second-order valence-electron chi connectivity index (χ2n) is 4.09. The molecule has 0 aromatic heterocycles. The van der Waals surface area contributed by atoms with Crippen LogP contribution < -0.4 is 0 Å². The number of hydrogen-bond donors (Lipinski definition) is 1. The molecule has 0 spiro atoms. The van der Waals surface area contributed by atoms with Crippen LogP contribution in [0.1, 0.15) is 30.7 Å². The first-order chi connectivity index (χ1) is 8.09. The highest BCUT2D eigenvalue weighted by Gasteiger charge is 2.23. The van der Waals surface area contributed by atoms with Gasteiger partial charge in [0.25, 0.3) is 0 Å². The minimum atomic E-state index is -0.614. The van der Waals surface area contributed by atoms with E-state index < -0.39 is 4.92 Å². The number of rotatable bonds is 2. The highest BCUT2D eigenvalue weighted by molar-refractivity contribution is 6.31. The Hall–Kier alpha value is -1.55. The van der Waals surface area contributed by atoms with Gasteiger partial charge in [-0.05, 0) is 25.3 Å². The molecular formula is C12H12ClNO3. The minimum absolute atomic E-state index is 0.0150. The molecule has 1 N–H and O–H groups in total. The van der Waals surface area contributed by atoms with Crippen LogP contribution in [0, 0.1) is 10.1 Å². The van der Waals surface area contributed by atoms with E-state index in [4.69, 9.17) is 11.6 Å². The highest BCUT2D eigenvalue weighted by Crippen LogP contribution is 2.40. The van der Waals surface area contributed by atoms with E-state index in [1.54, 1.807) is 6.07 Å². The first-order valence-electron chi connectivity index (χ1n) is 5.43. The van der Waals surface area contributed by atoms with Crippen molar-refractivity contribution in [3.8, 4) is 5.75 Å². The monoisotopic (exact) mass is 253 g/mol. The van der Waals surface area contributed by atoms with Gasteiger partial charge in [0, 0.05) is 22.6 Å². The molecule has 0 bridgehead atoms. The zero-order valence-electron chi connectivity index (χ0n) is 9.10. The molecule has 0 heterocycles. The van der Waals surface area contributed by atoms with Crippen molar-refractivity contribution in [3.63, 3.8) is 0 Å². The van der Waals surface area contributed by atoms with Crippen molar-refractivity contribution in [2.45, 2.75) is 25.2 Å². The van der Waals surface area contributed by atoms with E-state index in [1.165, 1.54) is 6.07 Å². The summed E-state index contributed by atoms with van der Waals surface area (Å²) in [5.41, 5.74) is 0.214. The van der Waals surface area contributed by atoms with Crippen molar-refractivity contribution >= 4 is 17.3 Å². The Morgan fingerprint density at radius 1 is 1.47 bits per heavy atom. The Labute approximate surface area is 104 Å². The molecule has 0 saturated heterocycles. The molecule has 0 amide bonds. The summed E-state index contributed by atoms with van der Waals surface area (Å²) in [7, 11) is 0. The zero-order chi connectivity index (χ0) is 12.4. The number of aromatic hydroxyl groups is 1. The van der Waals surface area contributed by atoms with Crippen LogP contribution in [0.3, 0.4) is 0 Å². The Morgan fingerprint density at radius 2 is 2.24 bits per heavy atom. The number of allylic oxidation sites excluding steroid dienone is 2. The van der Waals surface area contributed by atoms with Crippen LogP contribution in [-0.4, -0.2) is 10.0 Å². The summed E-state index contributed by atoms with van der Waals surface area (Å²) in [4.78, 5) is 10.2. The third-order valence-corrected chi connectivity index (χ3v) is 3.15. The second kappa shape index (κ2) is 4.75. The number of nitrogens with zero attached hydrogens (tertiary/aromatic N) is 1. The lowest BCUT2D eigenvalue weighted by atomic mass is 9.88. The lowest BCUT2D eigenvalue weighted by Gasteiger charge is -2.17. The molecule has 1 aromatic carbocycles. The fourth-order valence-corrected chi connectivity index (χ4v) is 2.32. The van der Waals surface area contributed by atoms with Gasteiger partial charge in [-0.25, -0.2) is 0 Å². The molecule has 0 radical (unpaired) electrons. The number of nitro benzene ring substituents is 1. The zero-order valence-corrected chi connectivity index (χ0v) is 9.85. The van der Waals surface area contributed by atoms with E-state index in [2.05, 4.69) is 0 Å².